The summed E-state index contributed by atoms with van der Waals surface area (Å²) in [5.74, 6) is 1.72. The van der Waals surface area contributed by atoms with Gasteiger partial charge in [-0.25, -0.2) is 0 Å². The largest absolute Gasteiger partial charge is 0.492 e. The second kappa shape index (κ2) is 12.8. The summed E-state index contributed by atoms with van der Waals surface area (Å²) in [6.07, 6.45) is 3.86. The van der Waals surface area contributed by atoms with E-state index in [0.29, 0.717) is 11.6 Å². The molecule has 2 N–H and O–H groups in total. The van der Waals surface area contributed by atoms with Gasteiger partial charge in [0.25, 0.3) is 0 Å². The Labute approximate surface area is 183 Å². The van der Waals surface area contributed by atoms with Crippen LogP contribution in [-0.4, -0.2) is 54.3 Å². The van der Waals surface area contributed by atoms with Crippen molar-refractivity contribution in [3.05, 3.63) is 46.7 Å². The number of benzene rings is 1. The number of nitrogens with zero attached hydrogens (tertiary/aromatic N) is 3. The van der Waals surface area contributed by atoms with Crippen LogP contribution in [0.15, 0.2) is 35.5 Å². The maximum absolute atomic E-state index is 5.88. The summed E-state index contributed by atoms with van der Waals surface area (Å²) in [5.41, 5.74) is 2.40. The van der Waals surface area contributed by atoms with Crippen LogP contribution in [0.2, 0.25) is 5.02 Å². The number of rotatable bonds is 9. The van der Waals surface area contributed by atoms with Crippen molar-refractivity contribution in [3.8, 4) is 5.75 Å². The molecule has 0 saturated carbocycles. The van der Waals surface area contributed by atoms with Gasteiger partial charge in [0.05, 0.1) is 12.7 Å². The van der Waals surface area contributed by atoms with Gasteiger partial charge in [-0.15, -0.1) is 24.0 Å². The van der Waals surface area contributed by atoms with Crippen molar-refractivity contribution in [1.29, 1.82) is 0 Å². The Morgan fingerprint density at radius 3 is 2.70 bits per heavy atom. The van der Waals surface area contributed by atoms with E-state index in [0.717, 1.165) is 49.9 Å². The van der Waals surface area contributed by atoms with Crippen molar-refractivity contribution >= 4 is 41.5 Å². The van der Waals surface area contributed by atoms with Crippen LogP contribution < -0.4 is 10.1 Å². The third-order valence-corrected chi connectivity index (χ3v) is 4.26. The molecule has 0 spiro atoms. The fourth-order valence-corrected chi connectivity index (χ4v) is 2.61. The number of aryl methyl sites for hydroxylation is 2. The third-order valence-electron chi connectivity index (χ3n) is 4.01. The molecule has 0 aliphatic heterocycles. The first-order chi connectivity index (χ1) is 12.6. The van der Waals surface area contributed by atoms with Gasteiger partial charge >= 0.3 is 0 Å². The maximum atomic E-state index is 5.88. The maximum Gasteiger partial charge on any atom is 0.193 e. The molecule has 0 fully saturated rings. The molecule has 2 rings (SSSR count). The predicted octanol–water partition coefficient (Wildman–Crippen LogP) is 3.90. The quantitative estimate of drug-likeness (QED) is 0.235. The molecule has 8 heteroatoms. The van der Waals surface area contributed by atoms with Crippen LogP contribution in [0.4, 0.5) is 0 Å². The van der Waals surface area contributed by atoms with Crippen LogP contribution in [0.5, 0.6) is 5.75 Å². The van der Waals surface area contributed by atoms with Crippen molar-refractivity contribution in [2.45, 2.75) is 26.7 Å². The molecular formula is C19H29ClIN5O. The van der Waals surface area contributed by atoms with Crippen molar-refractivity contribution in [2.24, 2.45) is 4.99 Å². The van der Waals surface area contributed by atoms with E-state index in [4.69, 9.17) is 21.3 Å². The fourth-order valence-electron chi connectivity index (χ4n) is 2.49. The average molecular weight is 506 g/mol. The zero-order chi connectivity index (χ0) is 18.8. The highest BCUT2D eigenvalue weighted by molar-refractivity contribution is 14.0. The number of guanidine groups is 1. The number of likely N-dealkylation sites (N-methyl/N-ethyl adjacent to an activating group) is 1. The van der Waals surface area contributed by atoms with Crippen LogP contribution in [0.3, 0.4) is 0 Å². The number of hydrogen-bond acceptors (Lipinski definition) is 3. The molecule has 1 aromatic carbocycles. The molecule has 0 aliphatic carbocycles. The normalized spacial score (nSPS) is 11.0. The van der Waals surface area contributed by atoms with Gasteiger partial charge in [-0.1, -0.05) is 11.6 Å². The Balaban J connectivity index is 0.00000364. The van der Waals surface area contributed by atoms with Crippen molar-refractivity contribution in [2.75, 3.05) is 33.3 Å². The molecule has 1 heterocycles. The molecule has 0 amide bonds. The monoisotopic (exact) mass is 505 g/mol. The Bertz CT molecular complexity index is 690. The predicted molar refractivity (Wildman–Crippen MR) is 123 cm³/mol. The number of aromatic nitrogens is 2. The number of H-pyrrole nitrogens is 1. The Morgan fingerprint density at radius 2 is 2.07 bits per heavy atom. The summed E-state index contributed by atoms with van der Waals surface area (Å²) in [4.78, 5) is 6.79. The zero-order valence-electron chi connectivity index (χ0n) is 16.2. The summed E-state index contributed by atoms with van der Waals surface area (Å²) in [6.45, 7) is 7.05. The number of aromatic amines is 1. The van der Waals surface area contributed by atoms with Crippen LogP contribution in [0, 0.1) is 6.92 Å². The lowest BCUT2D eigenvalue weighted by atomic mass is 10.1. The summed E-state index contributed by atoms with van der Waals surface area (Å²) in [7, 11) is 2.02. The Kier molecular flexibility index (Phi) is 11.2. The van der Waals surface area contributed by atoms with E-state index < -0.39 is 0 Å². The lowest BCUT2D eigenvalue weighted by Crippen LogP contribution is -2.41. The van der Waals surface area contributed by atoms with Crippen molar-refractivity contribution in [1.82, 2.24) is 20.4 Å². The first-order valence-corrected chi connectivity index (χ1v) is 9.34. The SMILES string of the molecule is CCNC(=NCCCc1cn[nH]c1C)N(C)CCOc1ccc(Cl)cc1.I. The lowest BCUT2D eigenvalue weighted by molar-refractivity contribution is 0.281. The minimum absolute atomic E-state index is 0. The molecule has 0 saturated heterocycles. The number of ether oxygens (including phenoxy) is 1. The van der Waals surface area contributed by atoms with Crippen LogP contribution in [0.25, 0.3) is 0 Å². The topological polar surface area (TPSA) is 65.5 Å². The third kappa shape index (κ3) is 8.38. The van der Waals surface area contributed by atoms with Crippen LogP contribution in [0.1, 0.15) is 24.6 Å². The molecule has 6 nitrogen and oxygen atoms in total. The Hall–Kier alpha value is -1.48. The highest BCUT2D eigenvalue weighted by Gasteiger charge is 2.06. The Morgan fingerprint density at radius 1 is 1.33 bits per heavy atom. The molecule has 0 radical (unpaired) electrons. The van der Waals surface area contributed by atoms with Crippen LogP contribution >= 0.6 is 35.6 Å². The second-order valence-electron chi connectivity index (χ2n) is 6.08. The van der Waals surface area contributed by atoms with Gasteiger partial charge in [0.2, 0.25) is 0 Å². The van der Waals surface area contributed by atoms with Crippen molar-refractivity contribution in [3.63, 3.8) is 0 Å². The molecule has 0 unspecified atom stereocenters. The molecule has 1 aromatic heterocycles. The highest BCUT2D eigenvalue weighted by atomic mass is 127. The molecular weight excluding hydrogens is 477 g/mol. The molecule has 2 aromatic rings. The highest BCUT2D eigenvalue weighted by Crippen LogP contribution is 2.15. The first-order valence-electron chi connectivity index (χ1n) is 8.96. The smallest absolute Gasteiger partial charge is 0.193 e. The summed E-state index contributed by atoms with van der Waals surface area (Å²) in [5, 5.41) is 11.1. The van der Waals surface area contributed by atoms with Gasteiger partial charge in [0.1, 0.15) is 12.4 Å². The van der Waals surface area contributed by atoms with E-state index in [1.165, 1.54) is 5.56 Å². The average Bonchev–Trinajstić information content (AvgIpc) is 3.04. The van der Waals surface area contributed by atoms with Gasteiger partial charge in [0.15, 0.2) is 5.96 Å². The number of aliphatic imine (C=N–C) groups is 1. The number of nitrogens with one attached hydrogen (secondary N) is 2. The zero-order valence-corrected chi connectivity index (χ0v) is 19.3. The molecule has 0 bridgehead atoms. The first kappa shape index (κ1) is 23.6. The van der Waals surface area contributed by atoms with E-state index in [1.54, 1.807) is 0 Å². The van der Waals surface area contributed by atoms with E-state index in [9.17, 15) is 0 Å². The van der Waals surface area contributed by atoms with E-state index in [1.807, 2.05) is 44.4 Å². The lowest BCUT2D eigenvalue weighted by Gasteiger charge is -2.22. The van der Waals surface area contributed by atoms with Gasteiger partial charge in [0, 0.05) is 30.9 Å². The van der Waals surface area contributed by atoms with E-state index >= 15 is 0 Å². The molecule has 27 heavy (non-hydrogen) atoms. The van der Waals surface area contributed by atoms with E-state index in [-0.39, 0.29) is 24.0 Å². The molecule has 150 valence electrons. The van der Waals surface area contributed by atoms with Gasteiger partial charge in [-0.3, -0.25) is 10.1 Å². The standard InChI is InChI=1S/C19H28ClN5O.HI/c1-4-21-19(22-11-5-6-16-14-23-24-15(16)2)25(3)12-13-26-18-9-7-17(20)8-10-18;/h7-10,14H,4-6,11-13H2,1-3H3,(H,21,22)(H,23,24);1H. The second-order valence-corrected chi connectivity index (χ2v) is 6.52. The minimum Gasteiger partial charge on any atom is -0.492 e. The van der Waals surface area contributed by atoms with E-state index in [2.05, 4.69) is 27.3 Å². The van der Waals surface area contributed by atoms with Crippen LogP contribution in [-0.2, 0) is 6.42 Å². The van der Waals surface area contributed by atoms with Gasteiger partial charge < -0.3 is 15.0 Å². The molecule has 0 aliphatic rings. The molecule has 0 atom stereocenters. The summed E-state index contributed by atoms with van der Waals surface area (Å²) >= 11 is 5.88. The van der Waals surface area contributed by atoms with Crippen molar-refractivity contribution < 1.29 is 4.74 Å². The minimum atomic E-state index is 0. The fraction of sp³-hybridized carbons (Fsp3) is 0.474. The number of hydrogen-bond donors (Lipinski definition) is 2. The van der Waals surface area contributed by atoms with Gasteiger partial charge in [-0.05, 0) is 56.5 Å². The number of halogens is 2. The summed E-state index contributed by atoms with van der Waals surface area (Å²) in [6, 6.07) is 7.40. The summed E-state index contributed by atoms with van der Waals surface area (Å²) < 4.78 is 5.75. The van der Waals surface area contributed by atoms with Gasteiger partial charge in [-0.2, -0.15) is 5.10 Å².